The molecule has 0 aliphatic carbocycles. The molecule has 1 atom stereocenters. The number of rotatable bonds is 5. The molecular weight excluding hydrogens is 344 g/mol. The summed E-state index contributed by atoms with van der Waals surface area (Å²) in [5.41, 5.74) is 12.7. The molecule has 0 radical (unpaired) electrons. The summed E-state index contributed by atoms with van der Waals surface area (Å²) in [6.45, 7) is 8.05. The van der Waals surface area contributed by atoms with Crippen molar-refractivity contribution in [3.8, 4) is 0 Å². The molecule has 0 aliphatic heterocycles. The van der Waals surface area contributed by atoms with Crippen LogP contribution in [0.1, 0.15) is 33.9 Å². The maximum atomic E-state index is 6.07. The van der Waals surface area contributed by atoms with Crippen molar-refractivity contribution in [2.24, 2.45) is 5.73 Å². The first-order valence-corrected chi connectivity index (χ1v) is 8.80. The summed E-state index contributed by atoms with van der Waals surface area (Å²) in [6.07, 6.45) is 0. The lowest BCUT2D eigenvalue weighted by atomic mass is 9.95. The van der Waals surface area contributed by atoms with E-state index in [-0.39, 0.29) is 6.04 Å². The van der Waals surface area contributed by atoms with Crippen LogP contribution < -0.4 is 5.73 Å². The van der Waals surface area contributed by atoms with Crippen LogP contribution in [0.5, 0.6) is 0 Å². The molecule has 2 rings (SSSR count). The van der Waals surface area contributed by atoms with Gasteiger partial charge in [0.1, 0.15) is 0 Å². The van der Waals surface area contributed by atoms with E-state index in [4.69, 9.17) is 5.73 Å². The van der Waals surface area contributed by atoms with Gasteiger partial charge in [0.2, 0.25) is 0 Å². The molecule has 0 bridgehead atoms. The summed E-state index contributed by atoms with van der Waals surface area (Å²) >= 11 is 5.25. The smallest absolute Gasteiger partial charge is 0.0701 e. The molecule has 2 aromatic rings. The van der Waals surface area contributed by atoms with Gasteiger partial charge in [-0.05, 0) is 83.0 Å². The Hall–Kier alpha value is -0.680. The van der Waals surface area contributed by atoms with Crippen molar-refractivity contribution in [1.82, 2.24) is 4.90 Å². The molecule has 0 saturated carbocycles. The standard InChI is InChI=1S/C17H23BrN2S/c1-11-5-13(3)15(6-12(11)2)16(8-19)20(4)9-14-7-17(18)21-10-14/h5-7,10,16H,8-9,19H2,1-4H3. The maximum Gasteiger partial charge on any atom is 0.0701 e. The average Bonchev–Trinajstić information content (AvgIpc) is 2.81. The van der Waals surface area contributed by atoms with E-state index in [9.17, 15) is 0 Å². The van der Waals surface area contributed by atoms with Crippen LogP contribution in [0.3, 0.4) is 0 Å². The number of benzene rings is 1. The Morgan fingerprint density at radius 2 is 1.81 bits per heavy atom. The van der Waals surface area contributed by atoms with E-state index < -0.39 is 0 Å². The van der Waals surface area contributed by atoms with Crippen LogP contribution in [-0.2, 0) is 6.54 Å². The van der Waals surface area contributed by atoms with Crippen molar-refractivity contribution in [2.45, 2.75) is 33.4 Å². The topological polar surface area (TPSA) is 29.3 Å². The number of nitrogens with two attached hydrogens (primary N) is 1. The second kappa shape index (κ2) is 7.05. The maximum absolute atomic E-state index is 6.07. The summed E-state index contributed by atoms with van der Waals surface area (Å²) in [5.74, 6) is 0. The molecule has 2 N–H and O–H groups in total. The first-order valence-electron chi connectivity index (χ1n) is 7.13. The predicted octanol–water partition coefficient (Wildman–Crippen LogP) is 4.57. The Balaban J connectivity index is 2.24. The van der Waals surface area contributed by atoms with Gasteiger partial charge in [-0.1, -0.05) is 12.1 Å². The molecule has 0 saturated heterocycles. The molecule has 1 aromatic heterocycles. The molecule has 0 spiro atoms. The van der Waals surface area contributed by atoms with E-state index in [1.165, 1.54) is 31.6 Å². The fourth-order valence-electron chi connectivity index (χ4n) is 2.71. The minimum Gasteiger partial charge on any atom is -0.329 e. The zero-order valence-corrected chi connectivity index (χ0v) is 15.5. The van der Waals surface area contributed by atoms with Crippen LogP contribution in [0.15, 0.2) is 27.4 Å². The highest BCUT2D eigenvalue weighted by molar-refractivity contribution is 9.11. The number of halogens is 1. The van der Waals surface area contributed by atoms with Crippen molar-refractivity contribution in [3.63, 3.8) is 0 Å². The largest absolute Gasteiger partial charge is 0.329 e. The monoisotopic (exact) mass is 366 g/mol. The van der Waals surface area contributed by atoms with Gasteiger partial charge >= 0.3 is 0 Å². The zero-order chi connectivity index (χ0) is 15.6. The molecule has 1 aromatic carbocycles. The third-order valence-corrected chi connectivity index (χ3v) is 5.60. The molecular formula is C17H23BrN2S. The number of thiophene rings is 1. The van der Waals surface area contributed by atoms with E-state index in [0.29, 0.717) is 6.54 Å². The molecule has 0 amide bonds. The Labute approximate surface area is 140 Å². The van der Waals surface area contributed by atoms with Crippen LogP contribution in [0, 0.1) is 20.8 Å². The van der Waals surface area contributed by atoms with Gasteiger partial charge in [-0.2, -0.15) is 0 Å². The second-order valence-corrected chi connectivity index (χ2v) is 8.01. The number of hydrogen-bond acceptors (Lipinski definition) is 3. The zero-order valence-electron chi connectivity index (χ0n) is 13.1. The summed E-state index contributed by atoms with van der Waals surface area (Å²) in [6, 6.07) is 7.00. The minimum atomic E-state index is 0.253. The number of hydrogen-bond donors (Lipinski definition) is 1. The third-order valence-electron chi connectivity index (χ3n) is 4.05. The summed E-state index contributed by atoms with van der Waals surface area (Å²) < 4.78 is 1.18. The lowest BCUT2D eigenvalue weighted by molar-refractivity contribution is 0.241. The highest BCUT2D eigenvalue weighted by Crippen LogP contribution is 2.28. The van der Waals surface area contributed by atoms with E-state index in [1.54, 1.807) is 11.3 Å². The second-order valence-electron chi connectivity index (χ2n) is 5.72. The quantitative estimate of drug-likeness (QED) is 0.839. The Bertz CT molecular complexity index is 621. The molecule has 4 heteroatoms. The first-order chi connectivity index (χ1) is 9.92. The molecule has 2 nitrogen and oxygen atoms in total. The van der Waals surface area contributed by atoms with Crippen molar-refractivity contribution in [1.29, 1.82) is 0 Å². The van der Waals surface area contributed by atoms with Crippen molar-refractivity contribution in [2.75, 3.05) is 13.6 Å². The fraction of sp³-hybridized carbons (Fsp3) is 0.412. The van der Waals surface area contributed by atoms with E-state index in [2.05, 4.69) is 72.2 Å². The number of likely N-dealkylation sites (N-methyl/N-ethyl adjacent to an activating group) is 1. The van der Waals surface area contributed by atoms with Gasteiger partial charge in [0, 0.05) is 19.1 Å². The third kappa shape index (κ3) is 3.95. The van der Waals surface area contributed by atoms with Gasteiger partial charge in [0.25, 0.3) is 0 Å². The SMILES string of the molecule is Cc1cc(C)c(C(CN)N(C)Cc2csc(Br)c2)cc1C. The van der Waals surface area contributed by atoms with Gasteiger partial charge in [0.05, 0.1) is 3.79 Å². The van der Waals surface area contributed by atoms with Gasteiger partial charge < -0.3 is 5.73 Å². The van der Waals surface area contributed by atoms with Gasteiger partial charge in [-0.3, -0.25) is 4.90 Å². The lowest BCUT2D eigenvalue weighted by Crippen LogP contribution is -2.30. The molecule has 1 heterocycles. The summed E-state index contributed by atoms with van der Waals surface area (Å²) in [4.78, 5) is 2.34. The van der Waals surface area contributed by atoms with Crippen molar-refractivity contribution in [3.05, 3.63) is 55.2 Å². The molecule has 0 aliphatic rings. The van der Waals surface area contributed by atoms with E-state index in [1.807, 2.05) is 0 Å². The molecule has 0 fully saturated rings. The average molecular weight is 367 g/mol. The van der Waals surface area contributed by atoms with Crippen LogP contribution in [0.2, 0.25) is 0 Å². The molecule has 1 unspecified atom stereocenters. The summed E-state index contributed by atoms with van der Waals surface area (Å²) in [5, 5.41) is 2.20. The van der Waals surface area contributed by atoms with Crippen LogP contribution in [0.25, 0.3) is 0 Å². The fourth-order valence-corrected chi connectivity index (χ4v) is 3.91. The normalized spacial score (nSPS) is 12.9. The highest BCUT2D eigenvalue weighted by Gasteiger charge is 2.18. The van der Waals surface area contributed by atoms with Crippen molar-refractivity contribution >= 4 is 27.3 Å². The van der Waals surface area contributed by atoms with E-state index in [0.717, 1.165) is 6.54 Å². The number of aryl methyl sites for hydroxylation is 3. The van der Waals surface area contributed by atoms with Crippen LogP contribution in [0.4, 0.5) is 0 Å². The van der Waals surface area contributed by atoms with Crippen LogP contribution in [-0.4, -0.2) is 18.5 Å². The highest BCUT2D eigenvalue weighted by atomic mass is 79.9. The Kier molecular flexibility index (Phi) is 5.60. The van der Waals surface area contributed by atoms with Crippen molar-refractivity contribution < 1.29 is 0 Å². The molecule has 21 heavy (non-hydrogen) atoms. The van der Waals surface area contributed by atoms with Gasteiger partial charge in [-0.25, -0.2) is 0 Å². The van der Waals surface area contributed by atoms with Gasteiger partial charge in [-0.15, -0.1) is 11.3 Å². The van der Waals surface area contributed by atoms with Crippen LogP contribution >= 0.6 is 27.3 Å². The number of nitrogens with zero attached hydrogens (tertiary/aromatic N) is 1. The first kappa shape index (κ1) is 16.7. The minimum absolute atomic E-state index is 0.253. The Morgan fingerprint density at radius 3 is 2.38 bits per heavy atom. The molecule has 114 valence electrons. The van der Waals surface area contributed by atoms with Gasteiger partial charge in [0.15, 0.2) is 0 Å². The Morgan fingerprint density at radius 1 is 1.14 bits per heavy atom. The summed E-state index contributed by atoms with van der Waals surface area (Å²) in [7, 11) is 2.15. The van der Waals surface area contributed by atoms with E-state index >= 15 is 0 Å². The predicted molar refractivity (Wildman–Crippen MR) is 95.9 cm³/mol. The lowest BCUT2D eigenvalue weighted by Gasteiger charge is -2.29.